The zero-order chi connectivity index (χ0) is 8.69. The van der Waals surface area contributed by atoms with E-state index in [1.165, 1.54) is 0 Å². The van der Waals surface area contributed by atoms with Gasteiger partial charge in [-0.3, -0.25) is 4.90 Å². The summed E-state index contributed by atoms with van der Waals surface area (Å²) in [6.45, 7) is 13.6. The van der Waals surface area contributed by atoms with E-state index in [0.29, 0.717) is 6.17 Å². The molecular formula is C9H21N2. The first-order chi connectivity index (χ1) is 5.29. The number of nitrogens with one attached hydrogen (secondary N) is 1. The monoisotopic (exact) mass is 157 g/mol. The summed E-state index contributed by atoms with van der Waals surface area (Å²) in [5.74, 6) is 0. The van der Waals surface area contributed by atoms with Crippen LogP contribution >= 0.6 is 0 Å². The summed E-state index contributed by atoms with van der Waals surface area (Å²) >= 11 is 0. The van der Waals surface area contributed by atoms with E-state index in [1.54, 1.807) is 0 Å². The molecule has 0 rings (SSSR count). The minimum atomic E-state index is 0.468. The number of nitrogens with zero attached hydrogens (tertiary/aromatic N) is 1. The molecule has 0 aliphatic carbocycles. The van der Waals surface area contributed by atoms with Crippen LogP contribution < -0.4 is 5.32 Å². The van der Waals surface area contributed by atoms with Crippen molar-refractivity contribution >= 4 is 0 Å². The molecule has 0 aromatic rings. The third-order valence-corrected chi connectivity index (χ3v) is 1.97. The summed E-state index contributed by atoms with van der Waals surface area (Å²) in [6, 6.07) is 0. The van der Waals surface area contributed by atoms with Gasteiger partial charge in [0.2, 0.25) is 0 Å². The van der Waals surface area contributed by atoms with Crippen molar-refractivity contribution in [2.24, 2.45) is 0 Å². The highest BCUT2D eigenvalue weighted by Gasteiger charge is 2.10. The number of rotatable bonds is 6. The van der Waals surface area contributed by atoms with Crippen LogP contribution in [0.1, 0.15) is 27.2 Å². The third-order valence-electron chi connectivity index (χ3n) is 1.97. The molecule has 0 bridgehead atoms. The highest BCUT2D eigenvalue weighted by atomic mass is 15.3. The Morgan fingerprint density at radius 1 is 1.27 bits per heavy atom. The summed E-state index contributed by atoms with van der Waals surface area (Å²) in [5, 5.41) is 3.40. The van der Waals surface area contributed by atoms with Crippen molar-refractivity contribution in [3.8, 4) is 0 Å². The molecule has 2 nitrogen and oxygen atoms in total. The van der Waals surface area contributed by atoms with E-state index < -0.39 is 0 Å². The van der Waals surface area contributed by atoms with Gasteiger partial charge < -0.3 is 5.32 Å². The fraction of sp³-hybridized carbons (Fsp3) is 0.889. The van der Waals surface area contributed by atoms with Gasteiger partial charge in [0.1, 0.15) is 0 Å². The van der Waals surface area contributed by atoms with Crippen LogP contribution in [-0.4, -0.2) is 30.7 Å². The Morgan fingerprint density at radius 2 is 1.82 bits per heavy atom. The molecule has 67 valence electrons. The Balaban J connectivity index is 3.76. The van der Waals surface area contributed by atoms with E-state index >= 15 is 0 Å². The average molecular weight is 157 g/mol. The van der Waals surface area contributed by atoms with Crippen molar-refractivity contribution < 1.29 is 0 Å². The molecule has 1 radical (unpaired) electrons. The molecule has 1 N–H and O–H groups in total. The van der Waals surface area contributed by atoms with Gasteiger partial charge in [0.05, 0.1) is 6.17 Å². The molecule has 0 spiro atoms. The first-order valence-corrected chi connectivity index (χ1v) is 4.56. The van der Waals surface area contributed by atoms with Gasteiger partial charge in [-0.1, -0.05) is 27.7 Å². The molecule has 0 saturated heterocycles. The van der Waals surface area contributed by atoms with Crippen LogP contribution in [0.3, 0.4) is 0 Å². The maximum atomic E-state index is 3.92. The summed E-state index contributed by atoms with van der Waals surface area (Å²) in [6.07, 6.45) is 1.41. The smallest absolute Gasteiger partial charge is 0.0596 e. The van der Waals surface area contributed by atoms with Gasteiger partial charge in [-0.25, -0.2) is 0 Å². The molecule has 0 aliphatic rings. The lowest BCUT2D eigenvalue weighted by Crippen LogP contribution is -2.45. The summed E-state index contributed by atoms with van der Waals surface area (Å²) in [5.41, 5.74) is 0. The van der Waals surface area contributed by atoms with Crippen molar-refractivity contribution in [3.05, 3.63) is 6.92 Å². The van der Waals surface area contributed by atoms with Gasteiger partial charge in [-0.05, 0) is 26.1 Å². The molecule has 0 aromatic heterocycles. The van der Waals surface area contributed by atoms with E-state index in [0.717, 1.165) is 26.1 Å². The summed E-state index contributed by atoms with van der Waals surface area (Å²) < 4.78 is 0. The normalized spacial score (nSPS) is 13.9. The SMILES string of the molecule is [CH2]CC(NCC)N(CC)CC. The second-order valence-electron chi connectivity index (χ2n) is 2.58. The van der Waals surface area contributed by atoms with Crippen LogP contribution in [0.2, 0.25) is 0 Å². The Labute approximate surface area is 71.0 Å². The van der Waals surface area contributed by atoms with Crippen LogP contribution in [0.5, 0.6) is 0 Å². The second-order valence-corrected chi connectivity index (χ2v) is 2.58. The maximum Gasteiger partial charge on any atom is 0.0596 e. The third kappa shape index (κ3) is 3.73. The summed E-state index contributed by atoms with van der Waals surface area (Å²) in [7, 11) is 0. The topological polar surface area (TPSA) is 15.3 Å². The van der Waals surface area contributed by atoms with E-state index in [-0.39, 0.29) is 0 Å². The highest BCUT2D eigenvalue weighted by molar-refractivity contribution is 4.67. The van der Waals surface area contributed by atoms with Crippen LogP contribution in [0.4, 0.5) is 0 Å². The van der Waals surface area contributed by atoms with Crippen molar-refractivity contribution in [2.75, 3.05) is 19.6 Å². The van der Waals surface area contributed by atoms with Crippen molar-refractivity contribution in [1.29, 1.82) is 0 Å². The first kappa shape index (κ1) is 10.9. The zero-order valence-corrected chi connectivity index (χ0v) is 8.06. The lowest BCUT2D eigenvalue weighted by molar-refractivity contribution is 0.185. The van der Waals surface area contributed by atoms with E-state index in [4.69, 9.17) is 0 Å². The molecule has 0 aliphatic heterocycles. The van der Waals surface area contributed by atoms with E-state index in [1.807, 2.05) is 0 Å². The van der Waals surface area contributed by atoms with Crippen LogP contribution in [-0.2, 0) is 0 Å². The fourth-order valence-corrected chi connectivity index (χ4v) is 1.31. The van der Waals surface area contributed by atoms with Gasteiger partial charge >= 0.3 is 0 Å². The predicted molar refractivity (Wildman–Crippen MR) is 50.4 cm³/mol. The molecule has 0 aromatic carbocycles. The van der Waals surface area contributed by atoms with Crippen molar-refractivity contribution in [1.82, 2.24) is 10.2 Å². The maximum absolute atomic E-state index is 3.92. The molecule has 2 heteroatoms. The molecule has 11 heavy (non-hydrogen) atoms. The van der Waals surface area contributed by atoms with E-state index in [9.17, 15) is 0 Å². The minimum absolute atomic E-state index is 0.468. The quantitative estimate of drug-likeness (QED) is 0.588. The fourth-order valence-electron chi connectivity index (χ4n) is 1.31. The largest absolute Gasteiger partial charge is 0.302 e. The van der Waals surface area contributed by atoms with Crippen LogP contribution in [0.15, 0.2) is 0 Å². The lowest BCUT2D eigenvalue weighted by Gasteiger charge is -2.29. The first-order valence-electron chi connectivity index (χ1n) is 4.56. The predicted octanol–water partition coefficient (Wildman–Crippen LogP) is 1.49. The van der Waals surface area contributed by atoms with Crippen LogP contribution in [0, 0.1) is 6.92 Å². The minimum Gasteiger partial charge on any atom is -0.302 e. The van der Waals surface area contributed by atoms with Gasteiger partial charge in [0, 0.05) is 0 Å². The van der Waals surface area contributed by atoms with Gasteiger partial charge in [0.25, 0.3) is 0 Å². The van der Waals surface area contributed by atoms with E-state index in [2.05, 4.69) is 37.9 Å². The summed E-state index contributed by atoms with van der Waals surface area (Å²) in [4.78, 5) is 2.39. The van der Waals surface area contributed by atoms with Crippen molar-refractivity contribution in [3.63, 3.8) is 0 Å². The highest BCUT2D eigenvalue weighted by Crippen LogP contribution is 1.98. The molecule has 1 unspecified atom stereocenters. The Morgan fingerprint density at radius 3 is 2.09 bits per heavy atom. The zero-order valence-electron chi connectivity index (χ0n) is 8.06. The molecule has 0 saturated carbocycles. The Hall–Kier alpha value is -0.0800. The Bertz CT molecular complexity index is 79.6. The van der Waals surface area contributed by atoms with Gasteiger partial charge in [0.15, 0.2) is 0 Å². The number of hydrogen-bond acceptors (Lipinski definition) is 2. The van der Waals surface area contributed by atoms with Crippen LogP contribution in [0.25, 0.3) is 0 Å². The lowest BCUT2D eigenvalue weighted by atomic mass is 10.3. The van der Waals surface area contributed by atoms with Gasteiger partial charge in [-0.15, -0.1) is 0 Å². The second kappa shape index (κ2) is 6.62. The molecular weight excluding hydrogens is 136 g/mol. The number of hydrogen-bond donors (Lipinski definition) is 1. The molecule has 1 atom stereocenters. The average Bonchev–Trinajstić information content (AvgIpc) is 2.05. The Kier molecular flexibility index (Phi) is 6.57. The van der Waals surface area contributed by atoms with Crippen molar-refractivity contribution in [2.45, 2.75) is 33.4 Å². The molecule has 0 fully saturated rings. The molecule has 0 amide bonds. The standard InChI is InChI=1S/C9H21N2/c1-5-9(10-6-2)11(7-3)8-4/h9-10H,1,5-8H2,2-4H3. The molecule has 0 heterocycles. The van der Waals surface area contributed by atoms with Gasteiger partial charge in [-0.2, -0.15) is 0 Å².